The summed E-state index contributed by atoms with van der Waals surface area (Å²) in [4.78, 5) is 27.1. The normalized spacial score (nSPS) is 11.9. The highest BCUT2D eigenvalue weighted by Gasteiger charge is 2.32. The minimum Gasteiger partial charge on any atom is -0.133 e. The molecule has 0 saturated heterocycles. The maximum absolute atomic E-state index is 4.23. The molecule has 0 nitrogen and oxygen atoms in total. The van der Waals surface area contributed by atoms with Crippen molar-refractivity contribution in [2.24, 2.45) is 0 Å². The summed E-state index contributed by atoms with van der Waals surface area (Å²) < 4.78 is 0. The smallest absolute Gasteiger partial charge is 0.0820 e. The van der Waals surface area contributed by atoms with E-state index in [1.54, 1.807) is 75.1 Å². The fraction of sp³-hybridized carbons (Fsp3) is 0.588. The first kappa shape index (κ1) is 120. The predicted octanol–water partition coefficient (Wildman–Crippen LogP) is 43.5. The maximum atomic E-state index is 4.23. The summed E-state index contributed by atoms with van der Waals surface area (Å²) in [5, 5.41) is 0. The van der Waals surface area contributed by atoms with E-state index < -0.39 is 0 Å². The Kier molecular flexibility index (Phi) is 54.3. The monoisotopic (exact) mass is 2140 g/mol. The highest BCUT2D eigenvalue weighted by molar-refractivity contribution is 7.27. The van der Waals surface area contributed by atoms with Gasteiger partial charge in [-0.05, 0) is 463 Å². The van der Waals surface area contributed by atoms with Crippen molar-refractivity contribution in [3.05, 3.63) is 189 Å². The van der Waals surface area contributed by atoms with Gasteiger partial charge in [0.1, 0.15) is 0 Å². The Bertz CT molecular complexity index is 5830. The van der Waals surface area contributed by atoms with Crippen molar-refractivity contribution < 1.29 is 0 Å². The Morgan fingerprint density at radius 3 is 0.370 bits per heavy atom. The van der Waals surface area contributed by atoms with Gasteiger partial charge in [-0.2, -0.15) is 0 Å². The molecule has 0 amide bonds. The Hall–Kier alpha value is -6.16. The summed E-state index contributed by atoms with van der Waals surface area (Å²) in [5.74, 6) is 49.4. The van der Waals surface area contributed by atoms with Gasteiger partial charge in [0.2, 0.25) is 0 Å². The second kappa shape index (κ2) is 66.1. The van der Waals surface area contributed by atoms with Crippen LogP contribution in [0.5, 0.6) is 0 Å². The molecule has 0 aromatic carbocycles. The van der Waals surface area contributed by atoms with Crippen molar-refractivity contribution in [3.63, 3.8) is 0 Å². The van der Waals surface area contributed by atoms with Crippen LogP contribution in [0.3, 0.4) is 0 Å². The van der Waals surface area contributed by atoms with Crippen molar-refractivity contribution >= 4 is 138 Å². The zero-order chi connectivity index (χ0) is 104. The zero-order valence-corrected chi connectivity index (χ0v) is 103. The van der Waals surface area contributed by atoms with Crippen LogP contribution in [0.25, 0.3) is 43.8 Å². The molecule has 146 heavy (non-hydrogen) atoms. The molecule has 10 aromatic rings. The average Bonchev–Trinajstić information content (AvgIpc) is 1.58. The van der Waals surface area contributed by atoms with Crippen LogP contribution in [0.1, 0.15) is 585 Å². The van der Waals surface area contributed by atoms with Crippen LogP contribution in [0.4, 0.5) is 0 Å². The third kappa shape index (κ3) is 32.5. The van der Waals surface area contributed by atoms with Crippen LogP contribution in [0.15, 0.2) is 0 Å². The summed E-state index contributed by atoms with van der Waals surface area (Å²) in [5.41, 5.74) is 30.6. The number of rotatable bonds is 60. The van der Waals surface area contributed by atoms with Crippen LogP contribution in [-0.4, -0.2) is 0 Å². The van der Waals surface area contributed by atoms with Crippen molar-refractivity contribution in [1.82, 2.24) is 0 Å². The summed E-state index contributed by atoms with van der Waals surface area (Å²) in [6.07, 6.45) is 78.0. The lowest BCUT2D eigenvalue weighted by Crippen LogP contribution is -1.98. The first-order chi connectivity index (χ1) is 71.7. The molecule has 11 rings (SSSR count). The lowest BCUT2D eigenvalue weighted by atomic mass is 9.92. The van der Waals surface area contributed by atoms with E-state index in [0.717, 1.165) is 295 Å². The summed E-state index contributed by atoms with van der Waals surface area (Å²) in [6.45, 7) is 47.7. The standard InChI is InChI=1S/C136H184S10/c1-21-41-61-97-98(62-42-22-2)118-82-84-120-100(64-44-24-4)102(66-46-26-6)122(139-120)86-88-124-104(68-48-28-8)106(70-50-30-10)126(141-124)90-92-128-108(72-52-32-12)110(74-54-34-14)130(143-128)94-96-132-112(76-56-36-16)114(78-58-38-18)134(145-132)136-116(80-60-40-20)115(79-59-39-19)135(146-136)133-113(77-57-37-17)111(75-55-35-15)131(144-133)95-93-129-109(73-53-33-13)107(71-51-31-11)127(142-129)91-89-125-105(69-49-29-9)103(67-47-27-7)123(140-125)87-85-121-101(65-45-25-5)99(63-43-23-3)119(138-121)83-81-117(97)137-118/h89-92H,21-80H2,1-20H3. The van der Waals surface area contributed by atoms with E-state index in [1.165, 1.54) is 224 Å². The van der Waals surface area contributed by atoms with E-state index in [0.29, 0.717) is 0 Å². The Balaban J connectivity index is 1.24. The van der Waals surface area contributed by atoms with E-state index in [9.17, 15) is 0 Å². The number of unbranched alkanes of at least 4 members (excludes halogenated alkanes) is 20. The molecule has 788 valence electrons. The van der Waals surface area contributed by atoms with E-state index in [4.69, 9.17) is 0 Å². The summed E-state index contributed by atoms with van der Waals surface area (Å²) in [6, 6.07) is 0. The fourth-order valence-electron chi connectivity index (χ4n) is 20.9. The van der Waals surface area contributed by atoms with Crippen molar-refractivity contribution in [3.8, 4) is 90.6 Å². The molecule has 0 saturated carbocycles. The van der Waals surface area contributed by atoms with Gasteiger partial charge >= 0.3 is 0 Å². The van der Waals surface area contributed by atoms with E-state index in [-0.39, 0.29) is 0 Å². The van der Waals surface area contributed by atoms with Crippen LogP contribution < -0.4 is 0 Å². The van der Waals surface area contributed by atoms with Gasteiger partial charge in [0, 0.05) is 39.0 Å². The van der Waals surface area contributed by atoms with E-state index >= 15 is 0 Å². The first-order valence-electron chi connectivity index (χ1n) is 59.6. The lowest BCUT2D eigenvalue weighted by Gasteiger charge is -2.11. The predicted molar refractivity (Wildman–Crippen MR) is 667 cm³/mol. The van der Waals surface area contributed by atoms with Gasteiger partial charge in [-0.15, -0.1) is 113 Å². The minimum atomic E-state index is 1.03. The molecule has 0 spiro atoms. The molecule has 0 aliphatic carbocycles. The summed E-state index contributed by atoms with van der Waals surface area (Å²) >= 11 is 20.1. The molecular weight excluding hydrogens is 1950 g/mol. The Labute approximate surface area is 932 Å². The first-order valence-corrected chi connectivity index (χ1v) is 67.8. The molecule has 11 heterocycles. The second-order valence-electron chi connectivity index (χ2n) is 41.6. The van der Waals surface area contributed by atoms with Gasteiger partial charge in [-0.3, -0.25) is 0 Å². The zero-order valence-electron chi connectivity index (χ0n) is 94.8. The highest BCUT2D eigenvalue weighted by Crippen LogP contribution is 2.54. The quantitative estimate of drug-likeness (QED) is 0.0333. The van der Waals surface area contributed by atoms with Crippen LogP contribution >= 0.6 is 113 Å². The molecule has 10 aromatic heterocycles. The molecular formula is C136H184S10. The molecule has 0 radical (unpaired) electrons. The molecule has 1 aliphatic heterocycles. The van der Waals surface area contributed by atoms with Gasteiger partial charge in [-0.1, -0.05) is 267 Å². The topological polar surface area (TPSA) is 0 Å². The number of hydrogen-bond acceptors (Lipinski definition) is 10. The molecule has 20 bridgehead atoms. The second-order valence-corrected chi connectivity index (χ2v) is 51.9. The lowest BCUT2D eigenvalue weighted by molar-refractivity contribution is 0.758. The number of fused-ring (bicyclic) bond motifs is 22. The summed E-state index contributed by atoms with van der Waals surface area (Å²) in [7, 11) is 0. The molecule has 0 N–H and O–H groups in total. The molecule has 0 fully saturated rings. The Morgan fingerprint density at radius 2 is 0.219 bits per heavy atom. The van der Waals surface area contributed by atoms with Crippen LogP contribution in [0.2, 0.25) is 0 Å². The molecule has 10 heteroatoms. The Morgan fingerprint density at radius 1 is 0.116 bits per heavy atom. The highest BCUT2D eigenvalue weighted by atomic mass is 32.1. The SMILES string of the molecule is CCCCc1c2sc(c1CCCC)C#Cc1sc(c(CCCC)c1CCCC)C#Cc1sc(c(CCCC)c1CCCC)C=Cc1sc(c(CCCC)c1CCCC)C#Cc1sc(c(CCCC)c1CCCC)-c1sc(c(CCCC)c1CCCC)-c1sc(c(CCCC)c1CCCC)C#Cc1sc(c(CCCC)c1CCCC)C=Cc1sc(c(CCCC)c1CCCC)C#Cc1sc(c(CCCC)c1CCCC)C#C2. The van der Waals surface area contributed by atoms with Gasteiger partial charge in [0.25, 0.3) is 0 Å². The number of thiophene rings is 10. The third-order valence-corrected chi connectivity index (χ3v) is 41.7. The minimum absolute atomic E-state index is 1.03. The van der Waals surface area contributed by atoms with Crippen LogP contribution in [-0.2, 0) is 128 Å². The molecule has 1 aliphatic rings. The van der Waals surface area contributed by atoms with E-state index in [2.05, 4.69) is 268 Å². The van der Waals surface area contributed by atoms with Crippen molar-refractivity contribution in [2.45, 2.75) is 524 Å². The van der Waals surface area contributed by atoms with Gasteiger partial charge in [0.15, 0.2) is 0 Å². The maximum Gasteiger partial charge on any atom is 0.0820 e. The van der Waals surface area contributed by atoms with Crippen molar-refractivity contribution in [1.29, 1.82) is 0 Å². The molecule has 0 unspecified atom stereocenters. The molecule has 0 atom stereocenters. The van der Waals surface area contributed by atoms with Gasteiger partial charge in [-0.25, -0.2) is 0 Å². The van der Waals surface area contributed by atoms with Crippen LogP contribution in [0, 0.1) is 71.0 Å². The van der Waals surface area contributed by atoms with Gasteiger partial charge < -0.3 is 0 Å². The van der Waals surface area contributed by atoms with Gasteiger partial charge in [0.05, 0.1) is 58.5 Å². The third-order valence-electron chi connectivity index (χ3n) is 29.8. The average molecular weight is 2140 g/mol. The largest absolute Gasteiger partial charge is 0.133 e. The fourth-order valence-corrected chi connectivity index (χ4v) is 33.1. The number of hydrogen-bond donors (Lipinski definition) is 0. The van der Waals surface area contributed by atoms with Crippen molar-refractivity contribution in [2.75, 3.05) is 0 Å². The van der Waals surface area contributed by atoms with E-state index in [1.807, 2.05) is 79.4 Å².